The number of amides is 1. The Labute approximate surface area is 132 Å². The lowest BCUT2D eigenvalue weighted by atomic mass is 10.1. The van der Waals surface area contributed by atoms with E-state index in [9.17, 15) is 4.79 Å². The number of carbonyl (C=O) groups excluding carboxylic acids is 1. The van der Waals surface area contributed by atoms with Crippen LogP contribution in [0.4, 0.5) is 5.69 Å². The number of carbonyl (C=O) groups is 1. The van der Waals surface area contributed by atoms with Gasteiger partial charge in [0.05, 0.1) is 10.7 Å². The first-order chi connectivity index (χ1) is 10.0. The Bertz CT molecular complexity index is 675. The highest BCUT2D eigenvalue weighted by Gasteiger charge is 2.11. The monoisotopic (exact) mass is 324 g/mol. The van der Waals surface area contributed by atoms with Crippen molar-refractivity contribution in [3.63, 3.8) is 0 Å². The first-order valence-electron chi connectivity index (χ1n) is 6.32. The third-order valence-corrected chi connectivity index (χ3v) is 3.55. The van der Waals surface area contributed by atoms with Crippen molar-refractivity contribution in [3.05, 3.63) is 52.0 Å². The Kier molecular flexibility index (Phi) is 4.94. The summed E-state index contributed by atoms with van der Waals surface area (Å²) in [5.74, 6) is 0.630. The zero-order chi connectivity index (χ0) is 15.4. The molecule has 0 unspecified atom stereocenters. The zero-order valence-electron chi connectivity index (χ0n) is 11.3. The summed E-state index contributed by atoms with van der Waals surface area (Å²) in [4.78, 5) is 11.7. The van der Waals surface area contributed by atoms with Gasteiger partial charge in [-0.1, -0.05) is 29.3 Å². The molecule has 110 valence electrons. The quantitative estimate of drug-likeness (QED) is 0.831. The number of benzene rings is 2. The molecule has 2 aromatic carbocycles. The highest BCUT2D eigenvalue weighted by Crippen LogP contribution is 2.36. The summed E-state index contributed by atoms with van der Waals surface area (Å²) in [6.45, 7) is 2.40. The first-order valence-corrected chi connectivity index (χ1v) is 7.08. The predicted molar refractivity (Wildman–Crippen MR) is 85.4 cm³/mol. The van der Waals surface area contributed by atoms with E-state index in [1.807, 2.05) is 6.92 Å². The molecule has 0 fully saturated rings. The number of nitrogen functional groups attached to an aromatic ring is 1. The molecule has 2 aromatic rings. The molecule has 0 saturated heterocycles. The van der Waals surface area contributed by atoms with Crippen LogP contribution < -0.4 is 15.8 Å². The van der Waals surface area contributed by atoms with Gasteiger partial charge in [-0.2, -0.15) is 0 Å². The van der Waals surface area contributed by atoms with Crippen LogP contribution in [0.25, 0.3) is 0 Å². The van der Waals surface area contributed by atoms with Gasteiger partial charge in [-0.05, 0) is 37.3 Å². The van der Waals surface area contributed by atoms with Crippen LogP contribution in [0.15, 0.2) is 36.4 Å². The van der Waals surface area contributed by atoms with Crippen LogP contribution in [0.1, 0.15) is 17.3 Å². The number of ether oxygens (including phenoxy) is 1. The summed E-state index contributed by atoms with van der Waals surface area (Å²) < 4.78 is 5.64. The topological polar surface area (TPSA) is 64.3 Å². The van der Waals surface area contributed by atoms with Crippen molar-refractivity contribution in [1.29, 1.82) is 0 Å². The van der Waals surface area contributed by atoms with Crippen molar-refractivity contribution in [3.8, 4) is 11.5 Å². The molecule has 4 nitrogen and oxygen atoms in total. The van der Waals surface area contributed by atoms with Crippen molar-refractivity contribution in [2.45, 2.75) is 6.92 Å². The van der Waals surface area contributed by atoms with Crippen LogP contribution in [-0.2, 0) is 0 Å². The molecule has 6 heteroatoms. The van der Waals surface area contributed by atoms with Gasteiger partial charge in [0.1, 0.15) is 16.5 Å². The lowest BCUT2D eigenvalue weighted by molar-refractivity contribution is 0.0956. The number of hydrogen-bond acceptors (Lipinski definition) is 3. The van der Waals surface area contributed by atoms with Gasteiger partial charge in [-0.25, -0.2) is 0 Å². The van der Waals surface area contributed by atoms with Gasteiger partial charge < -0.3 is 15.8 Å². The smallest absolute Gasteiger partial charge is 0.251 e. The van der Waals surface area contributed by atoms with E-state index >= 15 is 0 Å². The Morgan fingerprint density at radius 2 is 2.00 bits per heavy atom. The number of halogens is 2. The highest BCUT2D eigenvalue weighted by molar-refractivity contribution is 6.42. The molecule has 0 aliphatic heterocycles. The Hall–Kier alpha value is -1.91. The lowest BCUT2D eigenvalue weighted by Gasteiger charge is -2.11. The Morgan fingerprint density at radius 1 is 1.24 bits per heavy atom. The van der Waals surface area contributed by atoms with Crippen molar-refractivity contribution in [1.82, 2.24) is 5.32 Å². The number of hydrogen-bond donors (Lipinski definition) is 2. The molecule has 2 rings (SSSR count). The third kappa shape index (κ3) is 3.60. The lowest BCUT2D eigenvalue weighted by Crippen LogP contribution is -2.22. The fraction of sp³-hybridized carbons (Fsp3) is 0.133. The molecular weight excluding hydrogens is 311 g/mol. The summed E-state index contributed by atoms with van der Waals surface area (Å²) in [5, 5.41) is 3.41. The molecule has 0 aliphatic rings. The average Bonchev–Trinajstić information content (AvgIpc) is 2.46. The summed E-state index contributed by atoms with van der Waals surface area (Å²) in [6, 6.07) is 9.89. The molecule has 0 heterocycles. The summed E-state index contributed by atoms with van der Waals surface area (Å²) in [5.41, 5.74) is 6.72. The SMILES string of the molecule is CCNC(=O)c1ccc(Oc2cccc(Cl)c2Cl)c(N)c1. The second-order valence-electron chi connectivity index (χ2n) is 4.27. The molecule has 0 bridgehead atoms. The standard InChI is InChI=1S/C15H14Cl2N2O2/c1-2-19-15(20)9-6-7-12(11(18)8-9)21-13-5-3-4-10(16)14(13)17/h3-8H,2,18H2,1H3,(H,19,20). The molecule has 0 radical (unpaired) electrons. The van der Waals surface area contributed by atoms with E-state index in [1.54, 1.807) is 36.4 Å². The fourth-order valence-electron chi connectivity index (χ4n) is 1.73. The highest BCUT2D eigenvalue weighted by atomic mass is 35.5. The summed E-state index contributed by atoms with van der Waals surface area (Å²) in [6.07, 6.45) is 0. The van der Waals surface area contributed by atoms with Crippen LogP contribution in [0.5, 0.6) is 11.5 Å². The molecule has 0 aliphatic carbocycles. The average molecular weight is 325 g/mol. The number of nitrogens with one attached hydrogen (secondary N) is 1. The largest absolute Gasteiger partial charge is 0.454 e. The minimum Gasteiger partial charge on any atom is -0.454 e. The van der Waals surface area contributed by atoms with Gasteiger partial charge in [-0.15, -0.1) is 0 Å². The van der Waals surface area contributed by atoms with Crippen LogP contribution in [0.2, 0.25) is 10.0 Å². The van der Waals surface area contributed by atoms with E-state index in [2.05, 4.69) is 5.32 Å². The minimum absolute atomic E-state index is 0.184. The van der Waals surface area contributed by atoms with Gasteiger partial charge in [-0.3, -0.25) is 4.79 Å². The van der Waals surface area contributed by atoms with E-state index in [1.165, 1.54) is 0 Å². The van der Waals surface area contributed by atoms with Crippen LogP contribution in [-0.4, -0.2) is 12.5 Å². The number of rotatable bonds is 4. The molecule has 3 N–H and O–H groups in total. The van der Waals surface area contributed by atoms with Crippen LogP contribution in [0.3, 0.4) is 0 Å². The second-order valence-corrected chi connectivity index (χ2v) is 5.05. The van der Waals surface area contributed by atoms with E-state index in [0.717, 1.165) is 0 Å². The maximum atomic E-state index is 11.7. The summed E-state index contributed by atoms with van der Waals surface area (Å²) in [7, 11) is 0. The molecular formula is C15H14Cl2N2O2. The molecule has 0 saturated carbocycles. The Morgan fingerprint density at radius 3 is 2.67 bits per heavy atom. The normalized spacial score (nSPS) is 10.2. The molecule has 0 atom stereocenters. The van der Waals surface area contributed by atoms with Crippen LogP contribution in [0, 0.1) is 0 Å². The van der Waals surface area contributed by atoms with Crippen LogP contribution >= 0.6 is 23.2 Å². The van der Waals surface area contributed by atoms with Gasteiger partial charge in [0.25, 0.3) is 5.91 Å². The number of nitrogens with two attached hydrogens (primary N) is 1. The molecule has 1 amide bonds. The van der Waals surface area contributed by atoms with Gasteiger partial charge in [0.2, 0.25) is 0 Å². The maximum Gasteiger partial charge on any atom is 0.251 e. The van der Waals surface area contributed by atoms with Gasteiger partial charge in [0.15, 0.2) is 0 Å². The third-order valence-electron chi connectivity index (χ3n) is 2.75. The molecule has 0 spiro atoms. The van der Waals surface area contributed by atoms with Crippen molar-refractivity contribution >= 4 is 34.8 Å². The minimum atomic E-state index is -0.184. The van der Waals surface area contributed by atoms with E-state index in [-0.39, 0.29) is 5.91 Å². The zero-order valence-corrected chi connectivity index (χ0v) is 12.8. The van der Waals surface area contributed by atoms with E-state index in [0.29, 0.717) is 39.3 Å². The first kappa shape index (κ1) is 15.5. The maximum absolute atomic E-state index is 11.7. The summed E-state index contributed by atoms with van der Waals surface area (Å²) >= 11 is 12.0. The predicted octanol–water partition coefficient (Wildman–Crippen LogP) is 4.12. The van der Waals surface area contributed by atoms with Crippen molar-refractivity contribution < 1.29 is 9.53 Å². The molecule has 0 aromatic heterocycles. The van der Waals surface area contributed by atoms with E-state index < -0.39 is 0 Å². The van der Waals surface area contributed by atoms with E-state index in [4.69, 9.17) is 33.7 Å². The van der Waals surface area contributed by atoms with Gasteiger partial charge >= 0.3 is 0 Å². The second kappa shape index (κ2) is 6.70. The Balaban J connectivity index is 2.25. The van der Waals surface area contributed by atoms with Crippen molar-refractivity contribution in [2.75, 3.05) is 12.3 Å². The van der Waals surface area contributed by atoms with Gasteiger partial charge in [0, 0.05) is 12.1 Å². The fourth-order valence-corrected chi connectivity index (χ4v) is 2.06. The van der Waals surface area contributed by atoms with Crippen molar-refractivity contribution in [2.24, 2.45) is 0 Å². The molecule has 21 heavy (non-hydrogen) atoms. The number of anilines is 1.